The highest BCUT2D eigenvalue weighted by Crippen LogP contribution is 2.23. The number of benzene rings is 1. The molecule has 112 valence electrons. The van der Waals surface area contributed by atoms with Gasteiger partial charge >= 0.3 is 0 Å². The van der Waals surface area contributed by atoms with E-state index in [1.165, 1.54) is 12.1 Å². The Morgan fingerprint density at radius 1 is 1.25 bits per heavy atom. The van der Waals surface area contributed by atoms with Gasteiger partial charge in [-0.15, -0.1) is 0 Å². The molecule has 0 spiro atoms. The SMILES string of the molecule is Cc1ccc(S(N)(=O)=O)cc1NC1CCS(=O)(=O)CC1. The molecule has 0 aromatic heterocycles. The average molecular weight is 318 g/mol. The van der Waals surface area contributed by atoms with Gasteiger partial charge in [0.15, 0.2) is 0 Å². The highest BCUT2D eigenvalue weighted by Gasteiger charge is 2.24. The molecule has 0 atom stereocenters. The van der Waals surface area contributed by atoms with Crippen LogP contribution in [0.1, 0.15) is 18.4 Å². The summed E-state index contributed by atoms with van der Waals surface area (Å²) in [5, 5.41) is 8.32. The maximum absolute atomic E-state index is 11.4. The van der Waals surface area contributed by atoms with Gasteiger partial charge in [-0.2, -0.15) is 0 Å². The molecule has 0 aliphatic carbocycles. The summed E-state index contributed by atoms with van der Waals surface area (Å²) in [4.78, 5) is 0.0500. The van der Waals surface area contributed by atoms with Crippen molar-refractivity contribution in [2.45, 2.75) is 30.7 Å². The maximum Gasteiger partial charge on any atom is 0.238 e. The second-order valence-electron chi connectivity index (χ2n) is 5.09. The normalized spacial score (nSPS) is 19.7. The van der Waals surface area contributed by atoms with Crippen molar-refractivity contribution >= 4 is 25.5 Å². The van der Waals surface area contributed by atoms with Crippen LogP contribution in [0, 0.1) is 6.92 Å². The minimum Gasteiger partial charge on any atom is -0.382 e. The van der Waals surface area contributed by atoms with Crippen LogP contribution in [-0.2, 0) is 19.9 Å². The molecular formula is C12H18N2O4S2. The summed E-state index contributed by atoms with van der Waals surface area (Å²) in [5.41, 5.74) is 1.58. The standard InChI is InChI=1S/C12H18N2O4S2/c1-9-2-3-11(20(13,17)18)8-12(9)14-10-4-6-19(15,16)7-5-10/h2-3,8,10,14H,4-7H2,1H3,(H2,13,17,18). The molecule has 20 heavy (non-hydrogen) atoms. The lowest BCUT2D eigenvalue weighted by Crippen LogP contribution is -2.32. The molecule has 1 aliphatic heterocycles. The predicted octanol–water partition coefficient (Wildman–Crippen LogP) is 0.632. The van der Waals surface area contributed by atoms with Crippen LogP contribution in [0.4, 0.5) is 5.69 Å². The van der Waals surface area contributed by atoms with Crippen molar-refractivity contribution in [3.63, 3.8) is 0 Å². The van der Waals surface area contributed by atoms with Gasteiger partial charge in [-0.3, -0.25) is 0 Å². The fourth-order valence-corrected chi connectivity index (χ4v) is 4.22. The van der Waals surface area contributed by atoms with Gasteiger partial charge in [-0.05, 0) is 37.5 Å². The van der Waals surface area contributed by atoms with Crippen molar-refractivity contribution in [2.24, 2.45) is 5.14 Å². The van der Waals surface area contributed by atoms with Crippen LogP contribution < -0.4 is 10.5 Å². The van der Waals surface area contributed by atoms with Gasteiger partial charge in [0, 0.05) is 11.7 Å². The van der Waals surface area contributed by atoms with E-state index >= 15 is 0 Å². The molecule has 1 aromatic carbocycles. The molecule has 1 fully saturated rings. The highest BCUT2D eigenvalue weighted by molar-refractivity contribution is 7.91. The second-order valence-corrected chi connectivity index (χ2v) is 8.96. The average Bonchev–Trinajstić information content (AvgIpc) is 2.33. The Bertz CT molecular complexity index is 697. The van der Waals surface area contributed by atoms with E-state index in [4.69, 9.17) is 5.14 Å². The van der Waals surface area contributed by atoms with Gasteiger partial charge in [-0.25, -0.2) is 22.0 Å². The van der Waals surface area contributed by atoms with Gasteiger partial charge in [0.1, 0.15) is 9.84 Å². The summed E-state index contributed by atoms with van der Waals surface area (Å²) >= 11 is 0. The molecule has 6 nitrogen and oxygen atoms in total. The Morgan fingerprint density at radius 2 is 1.85 bits per heavy atom. The number of hydrogen-bond acceptors (Lipinski definition) is 5. The smallest absolute Gasteiger partial charge is 0.238 e. The molecule has 0 unspecified atom stereocenters. The fraction of sp³-hybridized carbons (Fsp3) is 0.500. The number of rotatable bonds is 3. The summed E-state index contributed by atoms with van der Waals surface area (Å²) < 4.78 is 45.4. The van der Waals surface area contributed by atoms with Gasteiger partial charge in [0.2, 0.25) is 10.0 Å². The van der Waals surface area contributed by atoms with E-state index in [2.05, 4.69) is 5.32 Å². The fourth-order valence-electron chi connectivity index (χ4n) is 2.19. The van der Waals surface area contributed by atoms with E-state index in [-0.39, 0.29) is 22.4 Å². The van der Waals surface area contributed by atoms with E-state index in [0.29, 0.717) is 18.5 Å². The van der Waals surface area contributed by atoms with E-state index in [9.17, 15) is 16.8 Å². The van der Waals surface area contributed by atoms with Crippen LogP contribution in [-0.4, -0.2) is 34.4 Å². The number of hydrogen-bond donors (Lipinski definition) is 2. The van der Waals surface area contributed by atoms with E-state index in [0.717, 1.165) is 5.56 Å². The largest absolute Gasteiger partial charge is 0.382 e. The van der Waals surface area contributed by atoms with Crippen LogP contribution in [0.3, 0.4) is 0 Å². The highest BCUT2D eigenvalue weighted by atomic mass is 32.2. The lowest BCUT2D eigenvalue weighted by atomic mass is 10.1. The molecule has 0 radical (unpaired) electrons. The number of nitrogens with one attached hydrogen (secondary N) is 1. The summed E-state index contributed by atoms with van der Waals surface area (Å²) in [6.45, 7) is 1.86. The lowest BCUT2D eigenvalue weighted by molar-refractivity contribution is 0.559. The molecule has 0 bridgehead atoms. The first-order chi connectivity index (χ1) is 9.17. The molecule has 0 saturated carbocycles. The zero-order valence-electron chi connectivity index (χ0n) is 11.2. The van der Waals surface area contributed by atoms with E-state index in [1.807, 2.05) is 6.92 Å². The second kappa shape index (κ2) is 5.34. The first-order valence-corrected chi connectivity index (χ1v) is 9.64. The first-order valence-electron chi connectivity index (χ1n) is 6.28. The molecule has 1 aliphatic rings. The molecule has 8 heteroatoms. The Labute approximate surface area is 119 Å². The van der Waals surface area contributed by atoms with Crippen molar-refractivity contribution in [3.8, 4) is 0 Å². The zero-order chi connectivity index (χ0) is 15.0. The summed E-state index contributed by atoms with van der Waals surface area (Å²) in [5.74, 6) is 0.331. The van der Waals surface area contributed by atoms with Crippen LogP contribution in [0.5, 0.6) is 0 Å². The molecule has 2 rings (SSSR count). The predicted molar refractivity (Wildman–Crippen MR) is 77.9 cm³/mol. The van der Waals surface area contributed by atoms with Crippen molar-refractivity contribution < 1.29 is 16.8 Å². The number of sulfone groups is 1. The summed E-state index contributed by atoms with van der Waals surface area (Å²) in [7, 11) is -6.64. The Kier molecular flexibility index (Phi) is 4.08. The molecule has 0 amide bonds. The van der Waals surface area contributed by atoms with Crippen LogP contribution in [0.25, 0.3) is 0 Å². The summed E-state index contributed by atoms with van der Waals surface area (Å²) in [6.07, 6.45) is 1.06. The summed E-state index contributed by atoms with van der Waals surface area (Å²) in [6, 6.07) is 4.67. The Balaban J connectivity index is 2.18. The number of nitrogens with two attached hydrogens (primary N) is 1. The van der Waals surface area contributed by atoms with Crippen molar-refractivity contribution in [3.05, 3.63) is 23.8 Å². The molecule has 1 saturated heterocycles. The van der Waals surface area contributed by atoms with Crippen LogP contribution in [0.2, 0.25) is 0 Å². The van der Waals surface area contributed by atoms with Gasteiger partial charge in [0.25, 0.3) is 0 Å². The minimum atomic E-state index is -3.74. The van der Waals surface area contributed by atoms with Crippen LogP contribution in [0.15, 0.2) is 23.1 Å². The third-order valence-electron chi connectivity index (χ3n) is 3.45. The van der Waals surface area contributed by atoms with Gasteiger partial charge in [-0.1, -0.05) is 6.07 Å². The van der Waals surface area contributed by atoms with Gasteiger partial charge in [0.05, 0.1) is 16.4 Å². The lowest BCUT2D eigenvalue weighted by Gasteiger charge is -2.25. The van der Waals surface area contributed by atoms with Crippen LogP contribution >= 0.6 is 0 Å². The topological polar surface area (TPSA) is 106 Å². The number of aryl methyl sites for hydroxylation is 1. The number of primary sulfonamides is 1. The Morgan fingerprint density at radius 3 is 2.40 bits per heavy atom. The third-order valence-corrected chi connectivity index (χ3v) is 6.08. The number of anilines is 1. The first kappa shape index (κ1) is 15.3. The third kappa shape index (κ3) is 3.71. The quantitative estimate of drug-likeness (QED) is 0.850. The number of sulfonamides is 1. The van der Waals surface area contributed by atoms with E-state index in [1.54, 1.807) is 6.07 Å². The van der Waals surface area contributed by atoms with Crippen molar-refractivity contribution in [2.75, 3.05) is 16.8 Å². The van der Waals surface area contributed by atoms with Crippen molar-refractivity contribution in [1.82, 2.24) is 0 Å². The maximum atomic E-state index is 11.4. The minimum absolute atomic E-state index is 0.0351. The molecule has 1 aromatic rings. The van der Waals surface area contributed by atoms with E-state index < -0.39 is 19.9 Å². The molecular weight excluding hydrogens is 300 g/mol. The molecule has 1 heterocycles. The molecule has 3 N–H and O–H groups in total. The monoisotopic (exact) mass is 318 g/mol. The Hall–Kier alpha value is -1.12. The zero-order valence-corrected chi connectivity index (χ0v) is 12.8. The van der Waals surface area contributed by atoms with Gasteiger partial charge < -0.3 is 5.32 Å². The van der Waals surface area contributed by atoms with Crippen molar-refractivity contribution in [1.29, 1.82) is 0 Å².